The number of anilines is 1. The summed E-state index contributed by atoms with van der Waals surface area (Å²) in [5, 5.41) is 4.93. The molecule has 1 saturated heterocycles. The molecule has 4 rings (SSSR count). The van der Waals surface area contributed by atoms with E-state index < -0.39 is 10.0 Å². The molecule has 31 heavy (non-hydrogen) atoms. The van der Waals surface area contributed by atoms with Gasteiger partial charge in [0.25, 0.3) is 0 Å². The molecule has 0 spiro atoms. The number of hydrogen-bond donors (Lipinski definition) is 1. The summed E-state index contributed by atoms with van der Waals surface area (Å²) in [5.41, 5.74) is 0.466. The molecule has 168 valence electrons. The maximum Gasteiger partial charge on any atom is 0.246 e. The number of nitrogens with zero attached hydrogens (tertiary/aromatic N) is 2. The monoisotopic (exact) mass is 463 g/mol. The molecular formula is C22H29N3O4S2. The SMILES string of the molecule is COc1ccc(NC(=O)CN(Cc2cccs2)C2CC2)cc1S(=O)(=O)N1CCCCC1. The van der Waals surface area contributed by atoms with Gasteiger partial charge in [-0.1, -0.05) is 12.5 Å². The van der Waals surface area contributed by atoms with Gasteiger partial charge in [0.15, 0.2) is 0 Å². The van der Waals surface area contributed by atoms with Crippen molar-refractivity contribution in [3.05, 3.63) is 40.6 Å². The Balaban J connectivity index is 1.48. The topological polar surface area (TPSA) is 79.0 Å². The molecule has 2 aromatic rings. The quantitative estimate of drug-likeness (QED) is 0.615. The number of amides is 1. The van der Waals surface area contributed by atoms with Crippen molar-refractivity contribution >= 4 is 33.0 Å². The van der Waals surface area contributed by atoms with Crippen molar-refractivity contribution < 1.29 is 17.9 Å². The van der Waals surface area contributed by atoms with E-state index >= 15 is 0 Å². The number of piperidine rings is 1. The van der Waals surface area contributed by atoms with Gasteiger partial charge in [0, 0.05) is 36.2 Å². The molecule has 2 fully saturated rings. The summed E-state index contributed by atoms with van der Waals surface area (Å²) in [4.78, 5) is 16.3. The molecule has 7 nitrogen and oxygen atoms in total. The third-order valence-corrected chi connectivity index (χ3v) is 8.51. The minimum Gasteiger partial charge on any atom is -0.495 e. The van der Waals surface area contributed by atoms with Crippen LogP contribution in [0.5, 0.6) is 5.75 Å². The van der Waals surface area contributed by atoms with Crippen LogP contribution in [0, 0.1) is 0 Å². The lowest BCUT2D eigenvalue weighted by Crippen LogP contribution is -2.36. The van der Waals surface area contributed by atoms with E-state index in [4.69, 9.17) is 4.74 Å². The first-order valence-corrected chi connectivity index (χ1v) is 13.0. The van der Waals surface area contributed by atoms with Crippen molar-refractivity contribution in [3.63, 3.8) is 0 Å². The summed E-state index contributed by atoms with van der Waals surface area (Å²) in [6.45, 7) is 2.07. The summed E-state index contributed by atoms with van der Waals surface area (Å²) in [6, 6.07) is 9.36. The fourth-order valence-electron chi connectivity index (χ4n) is 3.94. The van der Waals surface area contributed by atoms with Crippen molar-refractivity contribution in [1.29, 1.82) is 0 Å². The summed E-state index contributed by atoms with van der Waals surface area (Å²) >= 11 is 1.69. The van der Waals surface area contributed by atoms with Crippen LogP contribution in [0.3, 0.4) is 0 Å². The van der Waals surface area contributed by atoms with Gasteiger partial charge in [-0.25, -0.2) is 8.42 Å². The van der Waals surface area contributed by atoms with E-state index in [2.05, 4.69) is 16.3 Å². The van der Waals surface area contributed by atoms with Crippen molar-refractivity contribution in [2.75, 3.05) is 32.1 Å². The number of nitrogens with one attached hydrogen (secondary N) is 1. The summed E-state index contributed by atoms with van der Waals surface area (Å²) < 4.78 is 33.2. The van der Waals surface area contributed by atoms with Crippen LogP contribution in [0.1, 0.15) is 37.0 Å². The Hall–Kier alpha value is -1.94. The van der Waals surface area contributed by atoms with Crippen LogP contribution in [0.2, 0.25) is 0 Å². The third-order valence-electron chi connectivity index (χ3n) is 5.73. The predicted molar refractivity (Wildman–Crippen MR) is 122 cm³/mol. The van der Waals surface area contributed by atoms with Gasteiger partial charge in [-0.05, 0) is 55.3 Å². The van der Waals surface area contributed by atoms with Gasteiger partial charge in [-0.15, -0.1) is 11.3 Å². The van der Waals surface area contributed by atoms with Gasteiger partial charge in [0.05, 0.1) is 13.7 Å². The van der Waals surface area contributed by atoms with Crippen molar-refractivity contribution in [2.45, 2.75) is 49.6 Å². The highest BCUT2D eigenvalue weighted by atomic mass is 32.2. The highest BCUT2D eigenvalue weighted by Gasteiger charge is 2.31. The zero-order chi connectivity index (χ0) is 21.8. The van der Waals surface area contributed by atoms with Crippen LogP contribution in [0.4, 0.5) is 5.69 Å². The molecule has 1 aromatic carbocycles. The Bertz CT molecular complexity index is 998. The maximum absolute atomic E-state index is 13.2. The third kappa shape index (κ3) is 5.46. The average molecular weight is 464 g/mol. The lowest BCUT2D eigenvalue weighted by Gasteiger charge is -2.26. The molecule has 0 radical (unpaired) electrons. The maximum atomic E-state index is 13.2. The van der Waals surface area contributed by atoms with Gasteiger partial charge in [-0.3, -0.25) is 9.69 Å². The highest BCUT2D eigenvalue weighted by molar-refractivity contribution is 7.89. The predicted octanol–water partition coefficient (Wildman–Crippen LogP) is 3.53. The number of ether oxygens (including phenoxy) is 1. The second-order valence-electron chi connectivity index (χ2n) is 8.09. The van der Waals surface area contributed by atoms with Gasteiger partial charge in [-0.2, -0.15) is 4.31 Å². The van der Waals surface area contributed by atoms with Crippen molar-refractivity contribution in [2.24, 2.45) is 0 Å². The number of carbonyl (C=O) groups excluding carboxylic acids is 1. The normalized spacial score (nSPS) is 17.6. The Morgan fingerprint density at radius 2 is 2.00 bits per heavy atom. The molecule has 1 N–H and O–H groups in total. The van der Waals surface area contributed by atoms with E-state index in [0.29, 0.717) is 30.6 Å². The first kappa shape index (κ1) is 22.3. The van der Waals surface area contributed by atoms with E-state index in [-0.39, 0.29) is 17.3 Å². The summed E-state index contributed by atoms with van der Waals surface area (Å²) in [5.74, 6) is 0.149. The van der Waals surface area contributed by atoms with Crippen LogP contribution in [-0.2, 0) is 21.4 Å². The van der Waals surface area contributed by atoms with Gasteiger partial charge in [0.1, 0.15) is 10.6 Å². The molecule has 9 heteroatoms. The van der Waals surface area contributed by atoms with E-state index in [1.165, 1.54) is 22.4 Å². The minimum atomic E-state index is -3.68. The number of thiophene rings is 1. The van der Waals surface area contributed by atoms with E-state index in [1.54, 1.807) is 23.5 Å². The van der Waals surface area contributed by atoms with Crippen LogP contribution < -0.4 is 10.1 Å². The molecule has 2 aliphatic rings. The number of hydrogen-bond acceptors (Lipinski definition) is 6. The molecule has 1 amide bonds. The lowest BCUT2D eigenvalue weighted by atomic mass is 10.2. The number of sulfonamides is 1. The van der Waals surface area contributed by atoms with Crippen LogP contribution in [0.25, 0.3) is 0 Å². The Kier molecular flexibility index (Phi) is 6.95. The molecule has 0 unspecified atom stereocenters. The molecule has 0 bridgehead atoms. The first-order chi connectivity index (χ1) is 15.0. The summed E-state index contributed by atoms with van der Waals surface area (Å²) in [7, 11) is -2.22. The van der Waals surface area contributed by atoms with Crippen molar-refractivity contribution in [1.82, 2.24) is 9.21 Å². The first-order valence-electron chi connectivity index (χ1n) is 10.7. The number of carbonyl (C=O) groups is 1. The highest BCUT2D eigenvalue weighted by Crippen LogP contribution is 2.32. The summed E-state index contributed by atoms with van der Waals surface area (Å²) in [6.07, 6.45) is 4.99. The largest absolute Gasteiger partial charge is 0.495 e. The van der Waals surface area contributed by atoms with Crippen LogP contribution >= 0.6 is 11.3 Å². The Labute approximate surface area is 188 Å². The zero-order valence-corrected chi connectivity index (χ0v) is 19.4. The van der Waals surface area contributed by atoms with Crippen molar-refractivity contribution in [3.8, 4) is 5.75 Å². The number of methoxy groups -OCH3 is 1. The molecule has 1 aliphatic carbocycles. The minimum absolute atomic E-state index is 0.104. The Morgan fingerprint density at radius 3 is 2.65 bits per heavy atom. The van der Waals surface area contributed by atoms with Gasteiger partial charge < -0.3 is 10.1 Å². The molecule has 1 aliphatic heterocycles. The second-order valence-corrected chi connectivity index (χ2v) is 11.0. The number of rotatable bonds is 9. The zero-order valence-electron chi connectivity index (χ0n) is 17.7. The smallest absolute Gasteiger partial charge is 0.246 e. The Morgan fingerprint density at radius 1 is 1.23 bits per heavy atom. The fraction of sp³-hybridized carbons (Fsp3) is 0.500. The van der Waals surface area contributed by atoms with Gasteiger partial charge in [0.2, 0.25) is 15.9 Å². The fourth-order valence-corrected chi connectivity index (χ4v) is 6.37. The van der Waals surface area contributed by atoms with Gasteiger partial charge >= 0.3 is 0 Å². The molecule has 2 heterocycles. The number of benzene rings is 1. The molecular weight excluding hydrogens is 434 g/mol. The lowest BCUT2D eigenvalue weighted by molar-refractivity contribution is -0.117. The van der Waals surface area contributed by atoms with E-state index in [9.17, 15) is 13.2 Å². The molecule has 0 atom stereocenters. The molecule has 1 saturated carbocycles. The van der Waals surface area contributed by atoms with Crippen LogP contribution in [0.15, 0.2) is 40.6 Å². The van der Waals surface area contributed by atoms with E-state index in [0.717, 1.165) is 38.6 Å². The van der Waals surface area contributed by atoms with Crippen LogP contribution in [-0.4, -0.2) is 56.3 Å². The van der Waals surface area contributed by atoms with E-state index in [1.807, 2.05) is 11.4 Å². The standard InChI is InChI=1S/C22H29N3O4S2/c1-29-20-10-7-17(14-21(20)31(27,28)25-11-3-2-4-12-25)23-22(26)16-24(18-8-9-18)15-19-6-5-13-30-19/h5-7,10,13-14,18H,2-4,8-9,11-12,15-16H2,1H3,(H,23,26). The average Bonchev–Trinajstić information content (AvgIpc) is 3.50. The molecule has 1 aromatic heterocycles. The second kappa shape index (κ2) is 9.68.